The van der Waals surface area contributed by atoms with E-state index in [-0.39, 0.29) is 0 Å². The Labute approximate surface area is 120 Å². The monoisotopic (exact) mass is 280 g/mol. The van der Waals surface area contributed by atoms with Crippen molar-refractivity contribution in [3.05, 3.63) is 18.0 Å². The molecule has 1 aromatic heterocycles. The van der Waals surface area contributed by atoms with Gasteiger partial charge in [0.25, 0.3) is 0 Å². The van der Waals surface area contributed by atoms with Gasteiger partial charge >= 0.3 is 0 Å². The molecule has 0 unspecified atom stereocenters. The quantitative estimate of drug-likeness (QED) is 0.757. The number of hydrogen-bond acceptors (Lipinski definition) is 5. The number of fused-ring (bicyclic) bond motifs is 1. The molecule has 0 amide bonds. The van der Waals surface area contributed by atoms with Crippen LogP contribution in [0.1, 0.15) is 5.56 Å². The number of nitrogens with zero attached hydrogens (tertiary/aromatic N) is 4. The normalized spacial score (nSPS) is 27.9. The molecular formula is C14H24N4O2. The highest BCUT2D eigenvalue weighted by Gasteiger charge is 2.39. The summed E-state index contributed by atoms with van der Waals surface area (Å²) in [4.78, 5) is 4.98. The lowest BCUT2D eigenvalue weighted by Crippen LogP contribution is -2.51. The van der Waals surface area contributed by atoms with Crippen LogP contribution in [0.5, 0.6) is 0 Å². The summed E-state index contributed by atoms with van der Waals surface area (Å²) >= 11 is 0. The minimum absolute atomic E-state index is 0.345. The molecule has 0 saturated carbocycles. The number of morpholine rings is 1. The van der Waals surface area contributed by atoms with Crippen LogP contribution in [0, 0.1) is 0 Å². The van der Waals surface area contributed by atoms with Crippen molar-refractivity contribution in [2.45, 2.75) is 18.7 Å². The molecule has 3 rings (SSSR count). The van der Waals surface area contributed by atoms with Gasteiger partial charge in [0, 0.05) is 64.7 Å². The van der Waals surface area contributed by atoms with Gasteiger partial charge in [-0.15, -0.1) is 0 Å². The van der Waals surface area contributed by atoms with E-state index < -0.39 is 0 Å². The molecule has 1 aromatic rings. The second-order valence-electron chi connectivity index (χ2n) is 5.72. The molecule has 6 nitrogen and oxygen atoms in total. The zero-order valence-electron chi connectivity index (χ0n) is 12.4. The van der Waals surface area contributed by atoms with Gasteiger partial charge in [-0.1, -0.05) is 0 Å². The van der Waals surface area contributed by atoms with Crippen molar-refractivity contribution in [1.29, 1.82) is 0 Å². The summed E-state index contributed by atoms with van der Waals surface area (Å²) in [6.07, 6.45) is 4.38. The van der Waals surface area contributed by atoms with Crippen molar-refractivity contribution in [3.8, 4) is 0 Å². The largest absolute Gasteiger partial charge is 0.383 e. The molecule has 20 heavy (non-hydrogen) atoms. The first-order valence-corrected chi connectivity index (χ1v) is 7.30. The summed E-state index contributed by atoms with van der Waals surface area (Å²) in [5, 5.41) is 4.24. The van der Waals surface area contributed by atoms with Gasteiger partial charge in [0.05, 0.1) is 25.5 Å². The van der Waals surface area contributed by atoms with Crippen LogP contribution >= 0.6 is 0 Å². The number of likely N-dealkylation sites (tertiary alicyclic amines) is 1. The third-order valence-corrected chi connectivity index (χ3v) is 4.24. The Morgan fingerprint density at radius 2 is 2.35 bits per heavy atom. The van der Waals surface area contributed by atoms with Crippen LogP contribution in [0.2, 0.25) is 0 Å². The van der Waals surface area contributed by atoms with Crippen LogP contribution in [0.25, 0.3) is 0 Å². The number of rotatable bonds is 5. The maximum absolute atomic E-state index is 5.94. The predicted molar refractivity (Wildman–Crippen MR) is 75.5 cm³/mol. The third kappa shape index (κ3) is 3.03. The van der Waals surface area contributed by atoms with Gasteiger partial charge in [-0.2, -0.15) is 5.10 Å². The molecule has 2 aliphatic heterocycles. The molecule has 2 atom stereocenters. The van der Waals surface area contributed by atoms with E-state index in [1.165, 1.54) is 5.56 Å². The Morgan fingerprint density at radius 1 is 1.45 bits per heavy atom. The first kappa shape index (κ1) is 14.0. The summed E-state index contributed by atoms with van der Waals surface area (Å²) in [7, 11) is 3.73. The van der Waals surface area contributed by atoms with Crippen LogP contribution < -0.4 is 0 Å². The molecule has 0 aromatic carbocycles. The molecule has 2 fully saturated rings. The highest BCUT2D eigenvalue weighted by molar-refractivity contribution is 5.05. The maximum atomic E-state index is 5.94. The van der Waals surface area contributed by atoms with Crippen LogP contribution in [-0.4, -0.2) is 78.2 Å². The van der Waals surface area contributed by atoms with Crippen molar-refractivity contribution >= 4 is 0 Å². The van der Waals surface area contributed by atoms with E-state index >= 15 is 0 Å². The number of ether oxygens (including phenoxy) is 2. The van der Waals surface area contributed by atoms with Gasteiger partial charge in [0.2, 0.25) is 0 Å². The zero-order chi connectivity index (χ0) is 13.9. The van der Waals surface area contributed by atoms with E-state index in [2.05, 4.69) is 21.1 Å². The van der Waals surface area contributed by atoms with E-state index in [4.69, 9.17) is 9.47 Å². The Balaban J connectivity index is 1.58. The molecule has 112 valence electrons. The Hall–Kier alpha value is -0.950. The lowest BCUT2D eigenvalue weighted by molar-refractivity contribution is -0.0527. The summed E-state index contributed by atoms with van der Waals surface area (Å²) in [6.45, 7) is 6.71. The first-order valence-electron chi connectivity index (χ1n) is 7.30. The second-order valence-corrected chi connectivity index (χ2v) is 5.72. The number of methoxy groups -OCH3 is 1. The maximum Gasteiger partial charge on any atom is 0.0870 e. The minimum atomic E-state index is 0.345. The molecule has 0 radical (unpaired) electrons. The number of aryl methyl sites for hydroxylation is 1. The van der Waals surface area contributed by atoms with Crippen molar-refractivity contribution in [2.75, 3.05) is 46.5 Å². The zero-order valence-corrected chi connectivity index (χ0v) is 12.4. The SMILES string of the molecule is COCCN1CCO[C@@H]2CN(Cc3cnn(C)c3)C[C@@H]21. The molecule has 2 aliphatic rings. The van der Waals surface area contributed by atoms with Gasteiger partial charge in [-0.3, -0.25) is 14.5 Å². The Bertz CT molecular complexity index is 437. The highest BCUT2D eigenvalue weighted by atomic mass is 16.5. The van der Waals surface area contributed by atoms with Crippen LogP contribution in [0.3, 0.4) is 0 Å². The summed E-state index contributed by atoms with van der Waals surface area (Å²) in [6, 6.07) is 0.510. The van der Waals surface area contributed by atoms with E-state index in [1.807, 2.05) is 17.9 Å². The summed E-state index contributed by atoms with van der Waals surface area (Å²) in [5.74, 6) is 0. The van der Waals surface area contributed by atoms with Gasteiger partial charge in [-0.25, -0.2) is 0 Å². The van der Waals surface area contributed by atoms with E-state index in [0.29, 0.717) is 12.1 Å². The minimum Gasteiger partial charge on any atom is -0.383 e. The van der Waals surface area contributed by atoms with E-state index in [1.54, 1.807) is 7.11 Å². The smallest absolute Gasteiger partial charge is 0.0870 e. The second kappa shape index (κ2) is 6.22. The molecule has 3 heterocycles. The van der Waals surface area contributed by atoms with Crippen LogP contribution in [-0.2, 0) is 23.1 Å². The van der Waals surface area contributed by atoms with Crippen molar-refractivity contribution in [2.24, 2.45) is 7.05 Å². The number of hydrogen-bond donors (Lipinski definition) is 0. The molecule has 6 heteroatoms. The Kier molecular flexibility index (Phi) is 4.35. The van der Waals surface area contributed by atoms with Crippen molar-refractivity contribution in [3.63, 3.8) is 0 Å². The third-order valence-electron chi connectivity index (χ3n) is 4.24. The average molecular weight is 280 g/mol. The lowest BCUT2D eigenvalue weighted by Gasteiger charge is -2.36. The van der Waals surface area contributed by atoms with Crippen molar-refractivity contribution < 1.29 is 9.47 Å². The molecule has 0 aliphatic carbocycles. The summed E-state index contributed by atoms with van der Waals surface area (Å²) in [5.41, 5.74) is 1.27. The fourth-order valence-electron chi connectivity index (χ4n) is 3.26. The van der Waals surface area contributed by atoms with Crippen LogP contribution in [0.4, 0.5) is 0 Å². The summed E-state index contributed by atoms with van der Waals surface area (Å²) < 4.78 is 13.0. The molecule has 0 bridgehead atoms. The molecule has 0 N–H and O–H groups in total. The van der Waals surface area contributed by atoms with Crippen LogP contribution in [0.15, 0.2) is 12.4 Å². The first-order chi connectivity index (χ1) is 9.76. The van der Waals surface area contributed by atoms with E-state index in [0.717, 1.165) is 45.9 Å². The van der Waals surface area contributed by atoms with Gasteiger partial charge in [-0.05, 0) is 0 Å². The highest BCUT2D eigenvalue weighted by Crippen LogP contribution is 2.23. The molecule has 0 spiro atoms. The fraction of sp³-hybridized carbons (Fsp3) is 0.786. The molecular weight excluding hydrogens is 256 g/mol. The van der Waals surface area contributed by atoms with Gasteiger partial charge in [0.15, 0.2) is 0 Å². The van der Waals surface area contributed by atoms with E-state index in [9.17, 15) is 0 Å². The topological polar surface area (TPSA) is 42.8 Å². The lowest BCUT2D eigenvalue weighted by atomic mass is 10.1. The predicted octanol–water partition coefficient (Wildman–Crippen LogP) is -0.0485. The Morgan fingerprint density at radius 3 is 3.10 bits per heavy atom. The van der Waals surface area contributed by atoms with Crippen molar-refractivity contribution in [1.82, 2.24) is 19.6 Å². The average Bonchev–Trinajstić information content (AvgIpc) is 3.02. The number of aromatic nitrogens is 2. The van der Waals surface area contributed by atoms with Gasteiger partial charge < -0.3 is 9.47 Å². The van der Waals surface area contributed by atoms with Gasteiger partial charge in [0.1, 0.15) is 0 Å². The molecule has 2 saturated heterocycles. The standard InChI is InChI=1S/C14H24N4O2/c1-16-8-12(7-15-16)9-17-10-13-14(11-17)20-6-4-18(13)3-5-19-2/h7-8,13-14H,3-6,9-11H2,1-2H3/t13-,14+/m0/s1. The fourth-order valence-corrected chi connectivity index (χ4v) is 3.26.